The van der Waals surface area contributed by atoms with Crippen LogP contribution < -0.4 is 5.32 Å². The minimum Gasteiger partial charge on any atom is -0.477 e. The second kappa shape index (κ2) is 5.90. The van der Waals surface area contributed by atoms with Gasteiger partial charge < -0.3 is 10.4 Å². The average molecular weight is 258 g/mol. The van der Waals surface area contributed by atoms with Gasteiger partial charge in [-0.15, -0.1) is 0 Å². The lowest BCUT2D eigenvalue weighted by molar-refractivity contribution is 0.0690. The van der Waals surface area contributed by atoms with E-state index in [-0.39, 0.29) is 5.69 Å². The van der Waals surface area contributed by atoms with Crippen LogP contribution in [0, 0.1) is 0 Å². The molecule has 0 aliphatic carbocycles. The average Bonchev–Trinajstić information content (AvgIpc) is 2.45. The van der Waals surface area contributed by atoms with Crippen molar-refractivity contribution in [3.63, 3.8) is 0 Å². The first-order valence-electron chi connectivity index (χ1n) is 5.97. The van der Waals surface area contributed by atoms with Gasteiger partial charge >= 0.3 is 5.97 Å². The summed E-state index contributed by atoms with van der Waals surface area (Å²) in [6.45, 7) is 2.75. The molecular weight excluding hydrogens is 244 g/mol. The molecule has 2 aromatic heterocycles. The Hall–Kier alpha value is -2.50. The monoisotopic (exact) mass is 258 g/mol. The molecule has 0 saturated heterocycles. The molecular formula is C13H14N4O2. The molecule has 98 valence electrons. The fraction of sp³-hybridized carbons (Fsp3) is 0.231. The third-order valence-corrected chi connectivity index (χ3v) is 2.44. The highest BCUT2D eigenvalue weighted by Gasteiger charge is 2.11. The zero-order valence-corrected chi connectivity index (χ0v) is 10.5. The van der Waals surface area contributed by atoms with E-state index in [0.29, 0.717) is 11.6 Å². The van der Waals surface area contributed by atoms with Gasteiger partial charge in [0.05, 0.1) is 0 Å². The molecule has 0 unspecified atom stereocenters. The maximum atomic E-state index is 11.1. The predicted molar refractivity (Wildman–Crippen MR) is 71.0 cm³/mol. The molecule has 0 bridgehead atoms. The fourth-order valence-electron chi connectivity index (χ4n) is 1.53. The SMILES string of the molecule is CCCNc1cc(C(=O)O)nc(-c2ccncc2)n1. The van der Waals surface area contributed by atoms with Gasteiger partial charge in [0, 0.05) is 30.6 Å². The van der Waals surface area contributed by atoms with E-state index in [1.54, 1.807) is 24.5 Å². The van der Waals surface area contributed by atoms with Crippen LogP contribution in [0.1, 0.15) is 23.8 Å². The highest BCUT2D eigenvalue weighted by molar-refractivity contribution is 5.86. The van der Waals surface area contributed by atoms with Gasteiger partial charge in [0.1, 0.15) is 5.82 Å². The minimum atomic E-state index is -1.07. The standard InChI is InChI=1S/C13H14N4O2/c1-2-5-15-11-8-10(13(18)19)16-12(17-11)9-3-6-14-7-4-9/h3-4,6-8H,2,5H2,1H3,(H,18,19)(H,15,16,17). The zero-order valence-electron chi connectivity index (χ0n) is 10.5. The van der Waals surface area contributed by atoms with Gasteiger partial charge in [-0.25, -0.2) is 14.8 Å². The van der Waals surface area contributed by atoms with Crippen molar-refractivity contribution in [3.05, 3.63) is 36.3 Å². The smallest absolute Gasteiger partial charge is 0.354 e. The second-order valence-electron chi connectivity index (χ2n) is 3.93. The van der Waals surface area contributed by atoms with Crippen LogP contribution in [0.2, 0.25) is 0 Å². The molecule has 2 heterocycles. The Morgan fingerprint density at radius 3 is 2.68 bits per heavy atom. The van der Waals surface area contributed by atoms with E-state index in [1.807, 2.05) is 6.92 Å². The van der Waals surface area contributed by atoms with Crippen molar-refractivity contribution < 1.29 is 9.90 Å². The van der Waals surface area contributed by atoms with Crippen molar-refractivity contribution >= 4 is 11.8 Å². The first-order chi connectivity index (χ1) is 9.20. The summed E-state index contributed by atoms with van der Waals surface area (Å²) in [5, 5.41) is 12.1. The molecule has 6 nitrogen and oxygen atoms in total. The van der Waals surface area contributed by atoms with E-state index in [1.165, 1.54) is 6.07 Å². The van der Waals surface area contributed by atoms with Crippen molar-refractivity contribution in [1.29, 1.82) is 0 Å². The normalized spacial score (nSPS) is 10.2. The molecule has 0 aromatic carbocycles. The summed E-state index contributed by atoms with van der Waals surface area (Å²) < 4.78 is 0. The number of hydrogen-bond donors (Lipinski definition) is 2. The molecule has 19 heavy (non-hydrogen) atoms. The van der Waals surface area contributed by atoms with Crippen LogP contribution in [0.15, 0.2) is 30.6 Å². The molecule has 0 radical (unpaired) electrons. The van der Waals surface area contributed by atoms with Gasteiger partial charge in [-0.1, -0.05) is 6.92 Å². The molecule has 0 fully saturated rings. The number of nitrogens with one attached hydrogen (secondary N) is 1. The van der Waals surface area contributed by atoms with Crippen LogP contribution in [-0.2, 0) is 0 Å². The number of pyridine rings is 1. The zero-order chi connectivity index (χ0) is 13.7. The lowest BCUT2D eigenvalue weighted by atomic mass is 10.2. The van der Waals surface area contributed by atoms with Gasteiger partial charge in [-0.3, -0.25) is 4.98 Å². The lowest BCUT2D eigenvalue weighted by Gasteiger charge is -2.07. The summed E-state index contributed by atoms with van der Waals surface area (Å²) in [4.78, 5) is 23.3. The van der Waals surface area contributed by atoms with Crippen molar-refractivity contribution in [2.24, 2.45) is 0 Å². The Balaban J connectivity index is 2.42. The van der Waals surface area contributed by atoms with E-state index in [0.717, 1.165) is 18.5 Å². The third kappa shape index (κ3) is 3.25. The number of hydrogen-bond acceptors (Lipinski definition) is 5. The molecule has 2 aromatic rings. The van der Waals surface area contributed by atoms with Crippen LogP contribution >= 0.6 is 0 Å². The Morgan fingerprint density at radius 2 is 2.05 bits per heavy atom. The molecule has 2 N–H and O–H groups in total. The fourth-order valence-corrected chi connectivity index (χ4v) is 1.53. The van der Waals surface area contributed by atoms with Crippen LogP contribution in [-0.4, -0.2) is 32.6 Å². The quantitative estimate of drug-likeness (QED) is 0.853. The molecule has 6 heteroatoms. The lowest BCUT2D eigenvalue weighted by Crippen LogP contribution is -2.08. The van der Waals surface area contributed by atoms with E-state index >= 15 is 0 Å². The maximum Gasteiger partial charge on any atom is 0.354 e. The summed E-state index contributed by atoms with van der Waals surface area (Å²) >= 11 is 0. The number of aromatic nitrogens is 3. The van der Waals surface area contributed by atoms with Crippen LogP contribution in [0.4, 0.5) is 5.82 Å². The Kier molecular flexibility index (Phi) is 4.02. The number of carboxylic acids is 1. The summed E-state index contributed by atoms with van der Waals surface area (Å²) in [6.07, 6.45) is 4.16. The van der Waals surface area contributed by atoms with Crippen molar-refractivity contribution in [3.8, 4) is 11.4 Å². The highest BCUT2D eigenvalue weighted by Crippen LogP contribution is 2.17. The second-order valence-corrected chi connectivity index (χ2v) is 3.93. The van der Waals surface area contributed by atoms with E-state index in [4.69, 9.17) is 5.11 Å². The molecule has 2 rings (SSSR count). The van der Waals surface area contributed by atoms with Crippen molar-refractivity contribution in [2.45, 2.75) is 13.3 Å². The number of anilines is 1. The van der Waals surface area contributed by atoms with Crippen molar-refractivity contribution in [2.75, 3.05) is 11.9 Å². The third-order valence-electron chi connectivity index (χ3n) is 2.44. The first kappa shape index (κ1) is 12.9. The number of rotatable bonds is 5. The highest BCUT2D eigenvalue weighted by atomic mass is 16.4. The van der Waals surface area contributed by atoms with Crippen LogP contribution in [0.25, 0.3) is 11.4 Å². The van der Waals surface area contributed by atoms with Crippen molar-refractivity contribution in [1.82, 2.24) is 15.0 Å². The van der Waals surface area contributed by atoms with Gasteiger partial charge in [-0.2, -0.15) is 0 Å². The Morgan fingerprint density at radius 1 is 1.32 bits per heavy atom. The minimum absolute atomic E-state index is 0.0274. The summed E-state index contributed by atoms with van der Waals surface area (Å²) in [6, 6.07) is 4.91. The largest absolute Gasteiger partial charge is 0.477 e. The van der Waals surface area contributed by atoms with E-state index in [9.17, 15) is 4.79 Å². The van der Waals surface area contributed by atoms with Gasteiger partial charge in [0.25, 0.3) is 0 Å². The molecule has 0 aliphatic heterocycles. The maximum absolute atomic E-state index is 11.1. The first-order valence-corrected chi connectivity index (χ1v) is 5.97. The van der Waals surface area contributed by atoms with Gasteiger partial charge in [0.15, 0.2) is 11.5 Å². The molecule has 0 amide bonds. The van der Waals surface area contributed by atoms with E-state index < -0.39 is 5.97 Å². The number of carboxylic acid groups (broad SMARTS) is 1. The summed E-state index contributed by atoms with van der Waals surface area (Å²) in [5.74, 6) is -0.181. The summed E-state index contributed by atoms with van der Waals surface area (Å²) in [5.41, 5.74) is 0.707. The molecule has 0 aliphatic rings. The topological polar surface area (TPSA) is 88.0 Å². The number of aromatic carboxylic acids is 1. The Bertz CT molecular complexity index is 572. The summed E-state index contributed by atoms with van der Waals surface area (Å²) in [7, 11) is 0. The molecule has 0 spiro atoms. The van der Waals surface area contributed by atoms with Crippen LogP contribution in [0.5, 0.6) is 0 Å². The van der Waals surface area contributed by atoms with E-state index in [2.05, 4.69) is 20.3 Å². The van der Waals surface area contributed by atoms with Gasteiger partial charge in [0.2, 0.25) is 0 Å². The molecule has 0 saturated carbocycles. The van der Waals surface area contributed by atoms with Crippen LogP contribution in [0.3, 0.4) is 0 Å². The Labute approximate surface area is 110 Å². The number of nitrogens with zero attached hydrogens (tertiary/aromatic N) is 3. The molecule has 0 atom stereocenters. The van der Waals surface area contributed by atoms with Gasteiger partial charge in [-0.05, 0) is 18.6 Å². The predicted octanol–water partition coefficient (Wildman–Crippen LogP) is 2.06. The number of carbonyl (C=O) groups is 1.